The van der Waals surface area contributed by atoms with Gasteiger partial charge in [0.2, 0.25) is 76.8 Å². The number of carbonyl (C=O) groups is 16. The van der Waals surface area contributed by atoms with Gasteiger partial charge in [-0.1, -0.05) is 149 Å². The van der Waals surface area contributed by atoms with E-state index in [-0.39, 0.29) is 50.0 Å². The lowest BCUT2D eigenvalue weighted by Gasteiger charge is -2.30. The highest BCUT2D eigenvalue weighted by Crippen LogP contribution is 2.22. The van der Waals surface area contributed by atoms with Gasteiger partial charge < -0.3 is 117 Å². The number of imidazole rings is 1. The number of hydrogen-bond acceptors (Lipinski definition) is 21. The predicted octanol–water partition coefficient (Wildman–Crippen LogP) is -1.77. The molecule has 7 aromatic rings. The minimum atomic E-state index is -2.12. The number of phenolic OH excluding ortho intramolecular Hbond substituents is 1. The second kappa shape index (κ2) is 48.5. The van der Waals surface area contributed by atoms with Crippen LogP contribution >= 0.6 is 0 Å². The molecule has 13 amide bonds. The van der Waals surface area contributed by atoms with Crippen LogP contribution in [0.1, 0.15) is 106 Å². The van der Waals surface area contributed by atoms with E-state index in [4.69, 9.17) is 17.2 Å². The summed E-state index contributed by atoms with van der Waals surface area (Å²) in [7, 11) is 0. The highest BCUT2D eigenvalue weighted by molar-refractivity contribution is 6.02. The third-order valence-corrected chi connectivity index (χ3v) is 20.0. The third kappa shape index (κ3) is 31.3. The van der Waals surface area contributed by atoms with E-state index in [9.17, 15) is 83.1 Å². The van der Waals surface area contributed by atoms with Crippen LogP contribution in [-0.4, -0.2) is 227 Å². The van der Waals surface area contributed by atoms with E-state index in [0.717, 1.165) is 0 Å². The molecule has 39 nitrogen and oxygen atoms in total. The molecular formula is C85H108N18O21. The first-order valence-electron chi connectivity index (χ1n) is 40.2. The fourth-order valence-electron chi connectivity index (χ4n) is 13.3. The van der Waals surface area contributed by atoms with Gasteiger partial charge in [-0.3, -0.25) is 71.9 Å². The number of carbonyl (C=O) groups excluding carboxylic acids is 13. The molecule has 25 N–H and O–H groups in total. The Morgan fingerprint density at radius 1 is 0.395 bits per heavy atom. The number of nitrogens with zero attached hydrogens (tertiary/aromatic N) is 1. The summed E-state index contributed by atoms with van der Waals surface area (Å²) in [6, 6.07) is 15.3. The molecule has 0 bridgehead atoms. The van der Waals surface area contributed by atoms with Crippen molar-refractivity contribution in [3.63, 3.8) is 0 Å². The predicted molar refractivity (Wildman–Crippen MR) is 448 cm³/mol. The molecule has 124 heavy (non-hydrogen) atoms. The number of aromatic hydroxyl groups is 1. The van der Waals surface area contributed by atoms with Crippen LogP contribution < -0.4 is 81.0 Å². The van der Waals surface area contributed by atoms with Crippen LogP contribution in [0.15, 0.2) is 158 Å². The number of nitrogens with one attached hydrogen (secondary N) is 14. The largest absolute Gasteiger partial charge is 0.508 e. The topological polar surface area (TPSA) is 641 Å². The van der Waals surface area contributed by atoms with E-state index in [0.29, 0.717) is 51.7 Å². The number of carboxylic acid groups (broad SMARTS) is 3. The van der Waals surface area contributed by atoms with Crippen LogP contribution in [0.2, 0.25) is 0 Å². The molecule has 39 heteroatoms. The van der Waals surface area contributed by atoms with E-state index in [1.54, 1.807) is 143 Å². The lowest BCUT2D eigenvalue weighted by molar-refractivity contribution is -0.143. The first kappa shape index (κ1) is 97.2. The number of para-hydroxylation sites is 1. The molecule has 2 heterocycles. The monoisotopic (exact) mass is 1720 g/mol. The quantitative estimate of drug-likeness (QED) is 0.0188. The van der Waals surface area contributed by atoms with Crippen LogP contribution in [0.4, 0.5) is 0 Å². The van der Waals surface area contributed by atoms with E-state index in [2.05, 4.69) is 78.8 Å². The number of hydrogen-bond donors (Lipinski definition) is 22. The molecule has 0 unspecified atom stereocenters. The number of unbranched alkanes of at least 4 members (excludes halogenated alkanes) is 1. The van der Waals surface area contributed by atoms with Gasteiger partial charge in [0, 0.05) is 67.5 Å². The van der Waals surface area contributed by atoms with E-state index in [1.807, 2.05) is 0 Å². The lowest BCUT2D eigenvalue weighted by Crippen LogP contribution is -2.62. The number of nitrogens with two attached hydrogens (primary N) is 3. The normalized spacial score (nSPS) is 14.3. The molecule has 0 aliphatic rings. The minimum absolute atomic E-state index is 0.00639. The summed E-state index contributed by atoms with van der Waals surface area (Å²) in [6.07, 6.45) is -0.338. The maximum atomic E-state index is 15.3. The van der Waals surface area contributed by atoms with Crippen LogP contribution in [0.3, 0.4) is 0 Å². The molecule has 664 valence electrons. The first-order chi connectivity index (χ1) is 59.1. The Bertz CT molecular complexity index is 4810. The fourth-order valence-corrected chi connectivity index (χ4v) is 13.3. The summed E-state index contributed by atoms with van der Waals surface area (Å²) in [4.78, 5) is 234. The van der Waals surface area contributed by atoms with Crippen LogP contribution in [-0.2, 0) is 115 Å². The average molecular weight is 1720 g/mol. The van der Waals surface area contributed by atoms with Crippen LogP contribution in [0, 0.1) is 11.8 Å². The van der Waals surface area contributed by atoms with Gasteiger partial charge in [-0.05, 0) is 96.5 Å². The third-order valence-electron chi connectivity index (χ3n) is 20.0. The highest BCUT2D eigenvalue weighted by atomic mass is 16.4. The number of aliphatic carboxylic acids is 3. The highest BCUT2D eigenvalue weighted by Gasteiger charge is 2.40. The molecule has 13 atom stereocenters. The fraction of sp³-hybridized carbons (Fsp3) is 0.400. The summed E-state index contributed by atoms with van der Waals surface area (Å²) < 4.78 is 0. The van der Waals surface area contributed by atoms with Gasteiger partial charge in [0.25, 0.3) is 0 Å². The molecule has 0 fully saturated rings. The maximum absolute atomic E-state index is 15.3. The summed E-state index contributed by atoms with van der Waals surface area (Å²) in [5, 5.41) is 81.1. The summed E-state index contributed by atoms with van der Waals surface area (Å²) >= 11 is 0. The number of benzene rings is 5. The number of aromatic nitrogens is 3. The van der Waals surface area contributed by atoms with Crippen molar-refractivity contribution in [1.82, 2.24) is 78.8 Å². The maximum Gasteiger partial charge on any atom is 0.326 e. The van der Waals surface area contributed by atoms with E-state index in [1.165, 1.54) is 43.0 Å². The molecule has 0 saturated heterocycles. The summed E-state index contributed by atoms with van der Waals surface area (Å²) in [6.45, 7) is 5.54. The SMILES string of the molecule is CC(C)[C@H](NC(=O)[C@H](Cc1ccccc1)NC(=O)[C@H](Cc1c[nH]c2ccccc12)NC(=O)[C@H](CC(=O)O)NC(=O)[C@H](Cc1ccc(O)cc1)NC(=O)[C@H](Cc1ccccc1)NC(=O)[C@H](CC(N)=O)NC(=O)[C@H](CCC(=O)O)NC(=O)[C@H](Cc1cnc[nH]1)NC(=O)[C@@H](N)Cc1ccccc1)C(=O)N[C@H](C(=O)N[C@@H](CO)C(=O)N[C@@H](CCCCN)C(=O)O)C(C)C. The van der Waals surface area contributed by atoms with Crippen molar-refractivity contribution < 1.29 is 102 Å². The second-order valence-electron chi connectivity index (χ2n) is 30.5. The number of H-pyrrole nitrogens is 2. The average Bonchev–Trinajstić information content (AvgIpc) is 1.64. The van der Waals surface area contributed by atoms with Crippen molar-refractivity contribution >= 4 is 106 Å². The van der Waals surface area contributed by atoms with Gasteiger partial charge in [0.05, 0.1) is 31.8 Å². The van der Waals surface area contributed by atoms with E-state index >= 15 is 19.2 Å². The zero-order chi connectivity index (χ0) is 90.7. The molecule has 5 aromatic carbocycles. The van der Waals surface area contributed by atoms with Crippen molar-refractivity contribution in [1.29, 1.82) is 0 Å². The van der Waals surface area contributed by atoms with Crippen molar-refractivity contribution in [3.05, 3.63) is 192 Å². The second-order valence-corrected chi connectivity index (χ2v) is 30.5. The number of carboxylic acids is 3. The van der Waals surface area contributed by atoms with Gasteiger partial charge in [0.15, 0.2) is 0 Å². The number of primary amides is 1. The Balaban J connectivity index is 1.15. The zero-order valence-corrected chi connectivity index (χ0v) is 68.7. The Hall–Kier alpha value is -13.9. The molecular weight excluding hydrogens is 1610 g/mol. The van der Waals surface area contributed by atoms with Crippen LogP contribution in [0.5, 0.6) is 5.75 Å². The number of fused-ring (bicyclic) bond motifs is 1. The van der Waals surface area contributed by atoms with Gasteiger partial charge in [0.1, 0.15) is 78.3 Å². The summed E-state index contributed by atoms with van der Waals surface area (Å²) in [5.74, 6) is -20.3. The molecule has 2 aromatic heterocycles. The Labute approximate surface area is 712 Å². The molecule has 0 spiro atoms. The summed E-state index contributed by atoms with van der Waals surface area (Å²) in [5.41, 5.74) is 20.6. The number of aliphatic hydroxyl groups is 1. The molecule has 0 aliphatic carbocycles. The Kier molecular flexibility index (Phi) is 38.0. The van der Waals surface area contributed by atoms with Gasteiger partial charge in [-0.25, -0.2) is 9.78 Å². The van der Waals surface area contributed by atoms with Crippen molar-refractivity contribution in [2.24, 2.45) is 29.0 Å². The van der Waals surface area contributed by atoms with Crippen molar-refractivity contribution in [3.8, 4) is 5.75 Å². The number of phenols is 1. The Morgan fingerprint density at radius 2 is 0.790 bits per heavy atom. The van der Waals surface area contributed by atoms with Gasteiger partial charge >= 0.3 is 17.9 Å². The smallest absolute Gasteiger partial charge is 0.326 e. The first-order valence-corrected chi connectivity index (χ1v) is 40.2. The number of aromatic amines is 2. The van der Waals surface area contributed by atoms with Gasteiger partial charge in [-0.15, -0.1) is 0 Å². The zero-order valence-electron chi connectivity index (χ0n) is 68.7. The van der Waals surface area contributed by atoms with Crippen LogP contribution in [0.25, 0.3) is 10.9 Å². The number of aliphatic hydroxyl groups excluding tert-OH is 1. The standard InChI is InChI=1S/C85H108N18O21/c1-46(2)71(83(121)101-67(44-104)82(120)93-59(85(123)124)26-16-17-33-86)103-84(122)72(47(3)4)102-81(119)62(36-50-22-12-7-13-23-50)97-77(115)63(38-52-42-90-57-25-15-14-24-55(52)57)98-80(118)66(41-70(109)110)100-76(114)61(37-51-27-29-54(105)30-28-51)95-75(113)60(35-49-20-10-6-11-21-49)96-79(117)65(40-68(88)106)99-74(112)58(31-32-69(107)108)92-78(116)64(39-53-43-89-45-91-53)94-73(111)56(87)34-48-18-8-5-9-19-48/h5-15,18-25,27-30,42-43,45-47,56,58-67,71-72,90,104-105H,16-17,26,31-41,44,86-87H2,1-4H3,(H2,88,106)(H,89,91)(H,92,116)(H,93,120)(H,94,111)(H,95,113)(H,96,117)(H,97,115)(H,98,118)(H,99,112)(H,100,114)(H,101,121)(H,102,119)(H,103,122)(H,107,108)(H,109,110)(H,123,124)/t56-,58-,59-,60-,61-,62-,63-,64-,65-,66-,67-,71-,72-/m0/s1. The molecule has 7 rings (SSSR count). The number of amides is 13. The molecule has 0 aliphatic heterocycles. The molecule has 0 saturated carbocycles. The van der Waals surface area contributed by atoms with Gasteiger partial charge in [-0.2, -0.15) is 0 Å². The van der Waals surface area contributed by atoms with Crippen molar-refractivity contribution in [2.45, 2.75) is 190 Å². The number of rotatable bonds is 51. The lowest BCUT2D eigenvalue weighted by atomic mass is 9.98. The Morgan fingerprint density at radius 3 is 1.26 bits per heavy atom. The van der Waals surface area contributed by atoms with Crippen molar-refractivity contribution in [2.75, 3.05) is 13.2 Å². The minimum Gasteiger partial charge on any atom is -0.508 e. The van der Waals surface area contributed by atoms with E-state index < -0.39 is 230 Å². The molecule has 0 radical (unpaired) electrons.